The summed E-state index contributed by atoms with van der Waals surface area (Å²) in [5, 5.41) is 11.3. The van der Waals surface area contributed by atoms with E-state index in [0.29, 0.717) is 6.54 Å². The minimum atomic E-state index is -0.0172. The van der Waals surface area contributed by atoms with E-state index in [9.17, 15) is 4.79 Å². The van der Waals surface area contributed by atoms with Crippen LogP contribution in [0.15, 0.2) is 0 Å². The van der Waals surface area contributed by atoms with Crippen LogP contribution < -0.4 is 5.32 Å². The van der Waals surface area contributed by atoms with Gasteiger partial charge in [0.05, 0.1) is 0 Å². The quantitative estimate of drug-likeness (QED) is 0.828. The lowest BCUT2D eigenvalue weighted by atomic mass is 10.2. The van der Waals surface area contributed by atoms with Crippen molar-refractivity contribution in [3.8, 4) is 0 Å². The van der Waals surface area contributed by atoms with Crippen LogP contribution in [-0.2, 0) is 0 Å². The summed E-state index contributed by atoms with van der Waals surface area (Å²) in [4.78, 5) is 15.9. The van der Waals surface area contributed by atoms with Gasteiger partial charge in [-0.3, -0.25) is 9.20 Å². The van der Waals surface area contributed by atoms with Gasteiger partial charge >= 0.3 is 0 Å². The monoisotopic (exact) mass is 309 g/mol. The van der Waals surface area contributed by atoms with Gasteiger partial charge < -0.3 is 10.2 Å². The molecule has 2 heterocycles. The highest BCUT2D eigenvalue weighted by molar-refractivity contribution is 7.19. The number of aromatic nitrogens is 3. The molecule has 1 amide bonds. The maximum atomic E-state index is 12.3. The number of thiazole rings is 1. The number of carbonyl (C=O) groups excluding carboxylic acids is 1. The number of amides is 1. The highest BCUT2D eigenvalue weighted by Gasteiger charge is 2.20. The van der Waals surface area contributed by atoms with Gasteiger partial charge in [0.25, 0.3) is 5.91 Å². The largest absolute Gasteiger partial charge is 0.351 e. The lowest BCUT2D eigenvalue weighted by Gasteiger charge is -2.09. The van der Waals surface area contributed by atoms with E-state index in [1.165, 1.54) is 11.3 Å². The average molecular weight is 309 g/mol. The fraction of sp³-hybridized carbons (Fsp3) is 0.643. The normalized spacial score (nSPS) is 11.8. The Labute approximate surface area is 129 Å². The molecule has 0 aromatic carbocycles. The first-order valence-electron chi connectivity index (χ1n) is 7.19. The summed E-state index contributed by atoms with van der Waals surface area (Å²) in [5.41, 5.74) is 0.925. The first-order chi connectivity index (χ1) is 9.91. The number of fused-ring (bicyclic) bond motifs is 1. The van der Waals surface area contributed by atoms with Crippen LogP contribution >= 0.6 is 11.3 Å². The molecule has 21 heavy (non-hydrogen) atoms. The lowest BCUT2D eigenvalue weighted by Crippen LogP contribution is -2.27. The van der Waals surface area contributed by atoms with Gasteiger partial charge in [0.2, 0.25) is 4.96 Å². The molecule has 0 atom stereocenters. The van der Waals surface area contributed by atoms with E-state index in [1.54, 1.807) is 0 Å². The van der Waals surface area contributed by atoms with Crippen LogP contribution in [0.5, 0.6) is 0 Å². The fourth-order valence-electron chi connectivity index (χ4n) is 2.19. The first kappa shape index (κ1) is 15.9. The summed E-state index contributed by atoms with van der Waals surface area (Å²) >= 11 is 1.40. The summed E-state index contributed by atoms with van der Waals surface area (Å²) in [6.45, 7) is 7.76. The average Bonchev–Trinajstić information content (AvgIpc) is 2.95. The van der Waals surface area contributed by atoms with Crippen molar-refractivity contribution in [2.75, 3.05) is 27.2 Å². The summed E-state index contributed by atoms with van der Waals surface area (Å²) in [6, 6.07) is 0. The minimum Gasteiger partial charge on any atom is -0.351 e. The molecule has 0 fully saturated rings. The maximum Gasteiger partial charge on any atom is 0.263 e. The molecular formula is C14H23N5OS. The SMILES string of the molecule is Cc1c(C(=O)NCCCN(C)C)sc2nnc(C(C)C)n12. The zero-order chi connectivity index (χ0) is 15.6. The van der Waals surface area contributed by atoms with Crippen molar-refractivity contribution in [3.05, 3.63) is 16.4 Å². The van der Waals surface area contributed by atoms with E-state index in [1.807, 2.05) is 25.4 Å². The summed E-state index contributed by atoms with van der Waals surface area (Å²) in [7, 11) is 4.06. The van der Waals surface area contributed by atoms with Crippen LogP contribution in [0.25, 0.3) is 4.96 Å². The van der Waals surface area contributed by atoms with Crippen molar-refractivity contribution in [3.63, 3.8) is 0 Å². The number of aryl methyl sites for hydroxylation is 1. The van der Waals surface area contributed by atoms with E-state index < -0.39 is 0 Å². The molecule has 0 aliphatic heterocycles. The lowest BCUT2D eigenvalue weighted by molar-refractivity contribution is 0.0955. The third-order valence-electron chi connectivity index (χ3n) is 3.31. The molecule has 0 unspecified atom stereocenters. The Hall–Kier alpha value is -1.47. The third kappa shape index (κ3) is 3.41. The Morgan fingerprint density at radius 1 is 1.38 bits per heavy atom. The van der Waals surface area contributed by atoms with Gasteiger partial charge in [-0.2, -0.15) is 0 Å². The highest BCUT2D eigenvalue weighted by atomic mass is 32.1. The Morgan fingerprint density at radius 3 is 2.71 bits per heavy atom. The standard InChI is InChI=1S/C14H23N5OS/c1-9(2)12-16-17-14-19(12)10(3)11(21-14)13(20)15-7-6-8-18(4)5/h9H,6-8H2,1-5H3,(H,15,20). The highest BCUT2D eigenvalue weighted by Crippen LogP contribution is 2.25. The molecule has 0 saturated carbocycles. The predicted molar refractivity (Wildman–Crippen MR) is 85.2 cm³/mol. The Bertz CT molecular complexity index is 629. The third-order valence-corrected chi connectivity index (χ3v) is 4.44. The molecule has 7 heteroatoms. The van der Waals surface area contributed by atoms with Crippen LogP contribution in [0.2, 0.25) is 0 Å². The molecule has 0 aliphatic rings. The number of rotatable bonds is 6. The Balaban J connectivity index is 2.11. The van der Waals surface area contributed by atoms with Crippen molar-refractivity contribution in [2.45, 2.75) is 33.1 Å². The van der Waals surface area contributed by atoms with Gasteiger partial charge in [-0.15, -0.1) is 10.2 Å². The number of hydrogen-bond acceptors (Lipinski definition) is 5. The van der Waals surface area contributed by atoms with E-state index in [0.717, 1.165) is 34.3 Å². The molecule has 0 bridgehead atoms. The summed E-state index contributed by atoms with van der Waals surface area (Å²) < 4.78 is 1.99. The maximum absolute atomic E-state index is 12.3. The van der Waals surface area contributed by atoms with Crippen molar-refractivity contribution in [1.29, 1.82) is 0 Å². The molecule has 1 N–H and O–H groups in total. The second-order valence-electron chi connectivity index (χ2n) is 5.76. The van der Waals surface area contributed by atoms with Gasteiger partial charge in [0, 0.05) is 18.2 Å². The summed E-state index contributed by atoms with van der Waals surface area (Å²) in [5.74, 6) is 1.17. The molecule has 0 spiro atoms. The van der Waals surface area contributed by atoms with Crippen LogP contribution in [0, 0.1) is 6.92 Å². The molecular weight excluding hydrogens is 286 g/mol. The number of hydrogen-bond donors (Lipinski definition) is 1. The number of carbonyl (C=O) groups is 1. The zero-order valence-corrected chi connectivity index (χ0v) is 14.1. The zero-order valence-electron chi connectivity index (χ0n) is 13.3. The van der Waals surface area contributed by atoms with Crippen molar-refractivity contribution >= 4 is 22.2 Å². The molecule has 116 valence electrons. The van der Waals surface area contributed by atoms with Crippen LogP contribution in [0.1, 0.15) is 47.4 Å². The van der Waals surface area contributed by atoms with Gasteiger partial charge in [0.1, 0.15) is 10.7 Å². The number of nitrogens with zero attached hydrogens (tertiary/aromatic N) is 4. The van der Waals surface area contributed by atoms with Crippen LogP contribution in [0.3, 0.4) is 0 Å². The molecule has 0 aliphatic carbocycles. The minimum absolute atomic E-state index is 0.0172. The second kappa shape index (κ2) is 6.53. The van der Waals surface area contributed by atoms with Crippen molar-refractivity contribution in [2.24, 2.45) is 0 Å². The summed E-state index contributed by atoms with van der Waals surface area (Å²) in [6.07, 6.45) is 0.944. The van der Waals surface area contributed by atoms with Crippen molar-refractivity contribution in [1.82, 2.24) is 24.8 Å². The molecule has 0 saturated heterocycles. The van der Waals surface area contributed by atoms with E-state index in [4.69, 9.17) is 0 Å². The topological polar surface area (TPSA) is 62.5 Å². The van der Waals surface area contributed by atoms with Gasteiger partial charge in [-0.05, 0) is 34.0 Å². The van der Waals surface area contributed by atoms with E-state index in [2.05, 4.69) is 34.3 Å². The molecule has 2 aromatic heterocycles. The smallest absolute Gasteiger partial charge is 0.263 e. The Morgan fingerprint density at radius 2 is 2.10 bits per heavy atom. The van der Waals surface area contributed by atoms with Gasteiger partial charge in [0.15, 0.2) is 0 Å². The molecule has 2 rings (SSSR count). The molecule has 2 aromatic rings. The molecule has 6 nitrogen and oxygen atoms in total. The van der Waals surface area contributed by atoms with Crippen molar-refractivity contribution < 1.29 is 4.79 Å². The first-order valence-corrected chi connectivity index (χ1v) is 8.00. The van der Waals surface area contributed by atoms with Crippen LogP contribution in [0.4, 0.5) is 0 Å². The second-order valence-corrected chi connectivity index (χ2v) is 6.74. The predicted octanol–water partition coefficient (Wildman–Crippen LogP) is 1.90. The fourth-order valence-corrected chi connectivity index (χ4v) is 3.18. The van der Waals surface area contributed by atoms with E-state index >= 15 is 0 Å². The Kier molecular flexibility index (Phi) is 4.95. The molecule has 0 radical (unpaired) electrons. The van der Waals surface area contributed by atoms with E-state index in [-0.39, 0.29) is 11.8 Å². The van der Waals surface area contributed by atoms with Crippen LogP contribution in [-0.4, -0.2) is 52.6 Å². The van der Waals surface area contributed by atoms with Gasteiger partial charge in [-0.25, -0.2) is 0 Å². The number of nitrogens with one attached hydrogen (secondary N) is 1. The van der Waals surface area contributed by atoms with Gasteiger partial charge in [-0.1, -0.05) is 25.2 Å².